The van der Waals surface area contributed by atoms with E-state index in [4.69, 9.17) is 10.8 Å². The van der Waals surface area contributed by atoms with Crippen LogP contribution in [0.25, 0.3) is 10.8 Å². The van der Waals surface area contributed by atoms with Crippen molar-refractivity contribution in [2.24, 2.45) is 5.92 Å². The van der Waals surface area contributed by atoms with Gasteiger partial charge in [-0.1, -0.05) is 31.2 Å². The van der Waals surface area contributed by atoms with Crippen molar-refractivity contribution in [3.05, 3.63) is 35.9 Å². The molecule has 2 atom stereocenters. The van der Waals surface area contributed by atoms with Gasteiger partial charge in [-0.25, -0.2) is 0 Å². The summed E-state index contributed by atoms with van der Waals surface area (Å²) in [6.07, 6.45) is -0.776. The summed E-state index contributed by atoms with van der Waals surface area (Å²) < 4.78 is 0. The minimum Gasteiger partial charge on any atom is -0.505 e. The van der Waals surface area contributed by atoms with Crippen LogP contribution in [0.15, 0.2) is 30.3 Å². The van der Waals surface area contributed by atoms with Gasteiger partial charge in [-0.15, -0.1) is 0 Å². The minimum atomic E-state index is -0.776. The van der Waals surface area contributed by atoms with E-state index in [-0.39, 0.29) is 18.3 Å². The van der Waals surface area contributed by atoms with Gasteiger partial charge in [-0.2, -0.15) is 0 Å². The maximum atomic E-state index is 10.2. The van der Waals surface area contributed by atoms with Crippen molar-refractivity contribution in [1.82, 2.24) is 0 Å². The number of nitrogen functional groups attached to an aromatic ring is 1. The first-order valence-electron chi connectivity index (χ1n) is 5.85. The lowest BCUT2D eigenvalue weighted by Gasteiger charge is -2.19. The third-order valence-electron chi connectivity index (χ3n) is 3.24. The van der Waals surface area contributed by atoms with Gasteiger partial charge in [0, 0.05) is 17.9 Å². The van der Waals surface area contributed by atoms with Gasteiger partial charge in [0.05, 0.1) is 11.8 Å². The van der Waals surface area contributed by atoms with Gasteiger partial charge in [0.15, 0.2) is 0 Å². The molecule has 18 heavy (non-hydrogen) atoms. The first kappa shape index (κ1) is 12.7. The van der Waals surface area contributed by atoms with E-state index in [1.54, 1.807) is 37.3 Å². The van der Waals surface area contributed by atoms with Gasteiger partial charge in [0.2, 0.25) is 0 Å². The number of benzene rings is 2. The quantitative estimate of drug-likeness (QED) is 0.492. The average Bonchev–Trinajstić information content (AvgIpc) is 2.40. The Bertz CT molecular complexity index is 568. The summed E-state index contributed by atoms with van der Waals surface area (Å²) >= 11 is 0. The number of anilines is 1. The van der Waals surface area contributed by atoms with Crippen molar-refractivity contribution in [2.45, 2.75) is 13.0 Å². The lowest BCUT2D eigenvalue weighted by atomic mass is 9.93. The van der Waals surface area contributed by atoms with Gasteiger partial charge < -0.3 is 21.1 Å². The van der Waals surface area contributed by atoms with E-state index in [9.17, 15) is 10.2 Å². The molecule has 2 aromatic rings. The van der Waals surface area contributed by atoms with Gasteiger partial charge in [-0.05, 0) is 17.0 Å². The lowest BCUT2D eigenvalue weighted by molar-refractivity contribution is 0.0781. The number of phenolic OH excluding ortho intramolecular Hbond substituents is 1. The number of hydrogen-bond donors (Lipinski definition) is 4. The van der Waals surface area contributed by atoms with Crippen LogP contribution in [-0.4, -0.2) is 21.9 Å². The fraction of sp³-hybridized carbons (Fsp3) is 0.286. The van der Waals surface area contributed by atoms with Crippen molar-refractivity contribution >= 4 is 16.5 Å². The zero-order chi connectivity index (χ0) is 13.3. The van der Waals surface area contributed by atoms with Crippen molar-refractivity contribution in [2.75, 3.05) is 12.3 Å². The second-order valence-electron chi connectivity index (χ2n) is 4.55. The van der Waals surface area contributed by atoms with Crippen LogP contribution in [0.2, 0.25) is 0 Å². The summed E-state index contributed by atoms with van der Waals surface area (Å²) in [6.45, 7) is 1.67. The Morgan fingerprint density at radius 2 is 1.89 bits per heavy atom. The summed E-state index contributed by atoms with van der Waals surface area (Å²) in [5, 5.41) is 30.5. The normalized spacial score (nSPS) is 14.6. The monoisotopic (exact) mass is 247 g/mol. The van der Waals surface area contributed by atoms with Gasteiger partial charge in [-0.3, -0.25) is 0 Å². The largest absolute Gasteiger partial charge is 0.505 e. The highest BCUT2D eigenvalue weighted by molar-refractivity contribution is 5.94. The zero-order valence-corrected chi connectivity index (χ0v) is 10.2. The summed E-state index contributed by atoms with van der Waals surface area (Å²) in [5.41, 5.74) is 6.64. The molecule has 0 heterocycles. The molecule has 2 aromatic carbocycles. The smallest absolute Gasteiger partial charge is 0.146 e. The van der Waals surface area contributed by atoms with E-state index in [1.165, 1.54) is 0 Å². The molecule has 2 unspecified atom stereocenters. The molecule has 2 rings (SSSR count). The molecule has 4 nitrogen and oxygen atoms in total. The fourth-order valence-electron chi connectivity index (χ4n) is 2.05. The Labute approximate surface area is 105 Å². The molecule has 96 valence electrons. The van der Waals surface area contributed by atoms with E-state index >= 15 is 0 Å². The third-order valence-corrected chi connectivity index (χ3v) is 3.24. The molecular weight excluding hydrogens is 230 g/mol. The van der Waals surface area contributed by atoms with Crippen LogP contribution in [0, 0.1) is 5.92 Å². The molecule has 0 saturated heterocycles. The minimum absolute atomic E-state index is 0.0261. The second-order valence-corrected chi connectivity index (χ2v) is 4.55. The van der Waals surface area contributed by atoms with E-state index < -0.39 is 6.10 Å². The molecule has 0 fully saturated rings. The van der Waals surface area contributed by atoms with Crippen LogP contribution < -0.4 is 5.73 Å². The molecule has 0 aliphatic heterocycles. The van der Waals surface area contributed by atoms with E-state index in [0.717, 1.165) is 5.39 Å². The van der Waals surface area contributed by atoms with Crippen LogP contribution in [0.1, 0.15) is 18.6 Å². The summed E-state index contributed by atoms with van der Waals surface area (Å²) in [4.78, 5) is 0. The number of aliphatic hydroxyl groups is 2. The Hall–Kier alpha value is -1.78. The third kappa shape index (κ3) is 2.00. The number of rotatable bonds is 3. The molecule has 0 bridgehead atoms. The lowest BCUT2D eigenvalue weighted by Crippen LogP contribution is -2.13. The van der Waals surface area contributed by atoms with Crippen molar-refractivity contribution in [1.29, 1.82) is 0 Å². The highest BCUT2D eigenvalue weighted by Crippen LogP contribution is 2.35. The maximum absolute atomic E-state index is 10.2. The highest BCUT2D eigenvalue weighted by atomic mass is 16.3. The first-order chi connectivity index (χ1) is 8.56. The maximum Gasteiger partial charge on any atom is 0.146 e. The van der Waals surface area contributed by atoms with E-state index in [1.807, 2.05) is 0 Å². The molecule has 0 aliphatic rings. The highest BCUT2D eigenvalue weighted by Gasteiger charge is 2.18. The fourth-order valence-corrected chi connectivity index (χ4v) is 2.05. The van der Waals surface area contributed by atoms with Crippen molar-refractivity contribution in [3.8, 4) is 5.75 Å². The first-order valence-corrected chi connectivity index (χ1v) is 5.85. The Balaban J connectivity index is 2.63. The topological polar surface area (TPSA) is 86.7 Å². The summed E-state index contributed by atoms with van der Waals surface area (Å²) in [7, 11) is 0. The molecule has 0 aliphatic carbocycles. The van der Waals surface area contributed by atoms with E-state index in [2.05, 4.69) is 0 Å². The van der Waals surface area contributed by atoms with Crippen LogP contribution in [0.3, 0.4) is 0 Å². The van der Waals surface area contributed by atoms with Crippen LogP contribution in [0.5, 0.6) is 5.75 Å². The Kier molecular flexibility index (Phi) is 3.41. The molecule has 5 N–H and O–H groups in total. The number of fused-ring (bicyclic) bond motifs is 1. The predicted molar refractivity (Wildman–Crippen MR) is 71.2 cm³/mol. The molecule has 0 spiro atoms. The second kappa shape index (κ2) is 4.84. The zero-order valence-electron chi connectivity index (χ0n) is 10.2. The molecule has 0 amide bonds. The van der Waals surface area contributed by atoms with Crippen LogP contribution in [0.4, 0.5) is 5.69 Å². The van der Waals surface area contributed by atoms with Crippen LogP contribution in [-0.2, 0) is 0 Å². The number of aromatic hydroxyl groups is 1. The van der Waals surface area contributed by atoms with Crippen LogP contribution >= 0.6 is 0 Å². The predicted octanol–water partition coefficient (Wildman–Crippen LogP) is 1.79. The summed E-state index contributed by atoms with van der Waals surface area (Å²) in [5.74, 6) is -0.242. The number of phenols is 1. The van der Waals surface area contributed by atoms with E-state index in [0.29, 0.717) is 16.6 Å². The molecular formula is C14H17NO3. The standard InChI is InChI=1S/C14H17NO3/c1-8(7-16)13(17)10-3-2-4-11-9(10)5-6-12(15)14(11)18/h2-6,8,13,16-18H,7,15H2,1H3. The molecule has 0 aromatic heterocycles. The number of aliphatic hydroxyl groups excluding tert-OH is 2. The average molecular weight is 247 g/mol. The van der Waals surface area contributed by atoms with Crippen molar-refractivity contribution in [3.63, 3.8) is 0 Å². The molecule has 0 radical (unpaired) electrons. The SMILES string of the molecule is CC(CO)C(O)c1cccc2c(O)c(N)ccc12. The summed E-state index contributed by atoms with van der Waals surface area (Å²) in [6, 6.07) is 8.67. The van der Waals surface area contributed by atoms with Gasteiger partial charge in [0.1, 0.15) is 5.75 Å². The van der Waals surface area contributed by atoms with Gasteiger partial charge in [0.25, 0.3) is 0 Å². The number of hydrogen-bond acceptors (Lipinski definition) is 4. The molecule has 0 saturated carbocycles. The molecule has 4 heteroatoms. The van der Waals surface area contributed by atoms with Crippen molar-refractivity contribution < 1.29 is 15.3 Å². The Morgan fingerprint density at radius 3 is 2.56 bits per heavy atom. The Morgan fingerprint density at radius 1 is 1.17 bits per heavy atom. The number of nitrogens with two attached hydrogens (primary N) is 1. The van der Waals surface area contributed by atoms with Gasteiger partial charge >= 0.3 is 0 Å².